The Morgan fingerprint density at radius 1 is 1.20 bits per heavy atom. The van der Waals surface area contributed by atoms with E-state index in [4.69, 9.17) is 9.84 Å². The van der Waals surface area contributed by atoms with Crippen molar-refractivity contribution in [2.24, 2.45) is 4.99 Å². The summed E-state index contributed by atoms with van der Waals surface area (Å²) in [7, 11) is 1.47. The first-order valence-corrected chi connectivity index (χ1v) is 5.84. The van der Waals surface area contributed by atoms with Crippen LogP contribution in [0.5, 0.6) is 11.5 Å². The van der Waals surface area contributed by atoms with E-state index in [0.29, 0.717) is 11.4 Å². The van der Waals surface area contributed by atoms with Crippen LogP contribution < -0.4 is 4.74 Å². The molecule has 2 N–H and O–H groups in total. The Labute approximate surface area is 115 Å². The zero-order valence-corrected chi connectivity index (χ0v) is 10.8. The Hall–Kier alpha value is -2.82. The fourth-order valence-corrected chi connectivity index (χ4v) is 1.61. The molecule has 0 aliphatic rings. The Morgan fingerprint density at radius 3 is 2.50 bits per heavy atom. The standard InChI is InChI=1S/C15H13NO4/c1-20-14-8-10(2-7-13(14)17)9-16-12-5-3-11(4-6-12)15(18)19/h2-9,17H,1H3,(H,18,19)/b16-9-. The van der Waals surface area contributed by atoms with Gasteiger partial charge in [-0.05, 0) is 48.0 Å². The van der Waals surface area contributed by atoms with E-state index in [2.05, 4.69) is 4.99 Å². The molecule has 2 aromatic carbocycles. The number of carbonyl (C=O) groups is 1. The molecule has 2 rings (SSSR count). The second-order valence-electron chi connectivity index (χ2n) is 4.04. The summed E-state index contributed by atoms with van der Waals surface area (Å²) in [5, 5.41) is 18.3. The van der Waals surface area contributed by atoms with Gasteiger partial charge in [0.15, 0.2) is 11.5 Å². The summed E-state index contributed by atoms with van der Waals surface area (Å²) < 4.78 is 5.00. The minimum Gasteiger partial charge on any atom is -0.504 e. The van der Waals surface area contributed by atoms with E-state index in [1.54, 1.807) is 30.5 Å². The van der Waals surface area contributed by atoms with Crippen LogP contribution in [0.15, 0.2) is 47.5 Å². The van der Waals surface area contributed by atoms with Crippen LogP contribution in [0.4, 0.5) is 5.69 Å². The molecule has 0 radical (unpaired) electrons. The Kier molecular flexibility index (Phi) is 4.00. The molecule has 5 heteroatoms. The summed E-state index contributed by atoms with van der Waals surface area (Å²) in [4.78, 5) is 14.9. The maximum Gasteiger partial charge on any atom is 0.335 e. The molecule has 0 fully saturated rings. The second-order valence-corrected chi connectivity index (χ2v) is 4.04. The third-order valence-corrected chi connectivity index (χ3v) is 2.68. The number of benzene rings is 2. The lowest BCUT2D eigenvalue weighted by atomic mass is 10.2. The van der Waals surface area contributed by atoms with E-state index >= 15 is 0 Å². The number of nitrogens with zero attached hydrogens (tertiary/aromatic N) is 1. The lowest BCUT2D eigenvalue weighted by molar-refractivity contribution is 0.0697. The van der Waals surface area contributed by atoms with Crippen LogP contribution in [-0.2, 0) is 0 Å². The van der Waals surface area contributed by atoms with Crippen molar-refractivity contribution in [3.8, 4) is 11.5 Å². The van der Waals surface area contributed by atoms with Gasteiger partial charge in [-0.1, -0.05) is 0 Å². The number of phenols is 1. The number of rotatable bonds is 4. The van der Waals surface area contributed by atoms with Gasteiger partial charge in [-0.15, -0.1) is 0 Å². The lowest BCUT2D eigenvalue weighted by Gasteiger charge is -2.03. The number of methoxy groups -OCH3 is 1. The molecule has 0 spiro atoms. The van der Waals surface area contributed by atoms with Gasteiger partial charge in [0.1, 0.15) is 0 Å². The normalized spacial score (nSPS) is 10.7. The van der Waals surface area contributed by atoms with E-state index < -0.39 is 5.97 Å². The first-order chi connectivity index (χ1) is 9.60. The number of aromatic hydroxyl groups is 1. The first kappa shape index (κ1) is 13.6. The third-order valence-electron chi connectivity index (χ3n) is 2.68. The molecule has 0 unspecified atom stereocenters. The van der Waals surface area contributed by atoms with Crippen LogP contribution in [0.2, 0.25) is 0 Å². The van der Waals surface area contributed by atoms with Gasteiger partial charge in [0, 0.05) is 6.21 Å². The number of ether oxygens (including phenoxy) is 1. The smallest absolute Gasteiger partial charge is 0.335 e. The van der Waals surface area contributed by atoms with Crippen molar-refractivity contribution in [3.05, 3.63) is 53.6 Å². The minimum atomic E-state index is -0.969. The SMILES string of the molecule is COc1cc(/C=N\c2ccc(C(=O)O)cc2)ccc1O. The van der Waals surface area contributed by atoms with Crippen molar-refractivity contribution in [1.82, 2.24) is 0 Å². The van der Waals surface area contributed by atoms with Gasteiger partial charge in [-0.2, -0.15) is 0 Å². The monoisotopic (exact) mass is 271 g/mol. The molecule has 0 aliphatic heterocycles. The minimum absolute atomic E-state index is 0.0652. The van der Waals surface area contributed by atoms with Crippen LogP contribution in [0.1, 0.15) is 15.9 Å². The van der Waals surface area contributed by atoms with Crippen LogP contribution >= 0.6 is 0 Å². The maximum atomic E-state index is 10.7. The highest BCUT2D eigenvalue weighted by Crippen LogP contribution is 2.25. The van der Waals surface area contributed by atoms with Crippen molar-refractivity contribution in [2.45, 2.75) is 0 Å². The van der Waals surface area contributed by atoms with Gasteiger partial charge in [0.2, 0.25) is 0 Å². The molecule has 2 aromatic rings. The summed E-state index contributed by atoms with van der Waals surface area (Å²) in [6, 6.07) is 11.1. The first-order valence-electron chi connectivity index (χ1n) is 5.84. The number of hydrogen-bond acceptors (Lipinski definition) is 4. The van der Waals surface area contributed by atoms with Gasteiger partial charge < -0.3 is 14.9 Å². The van der Waals surface area contributed by atoms with Crippen molar-refractivity contribution in [2.75, 3.05) is 7.11 Å². The molecular weight excluding hydrogens is 258 g/mol. The summed E-state index contributed by atoms with van der Waals surface area (Å²) in [6.45, 7) is 0. The van der Waals surface area contributed by atoms with E-state index in [0.717, 1.165) is 5.56 Å². The number of hydrogen-bond donors (Lipinski definition) is 2. The molecule has 102 valence electrons. The van der Waals surface area contributed by atoms with Crippen molar-refractivity contribution < 1.29 is 19.7 Å². The van der Waals surface area contributed by atoms with Crippen molar-refractivity contribution in [1.29, 1.82) is 0 Å². The summed E-state index contributed by atoms with van der Waals surface area (Å²) in [5.41, 5.74) is 1.62. The largest absolute Gasteiger partial charge is 0.504 e. The predicted molar refractivity (Wildman–Crippen MR) is 75.3 cm³/mol. The molecule has 0 heterocycles. The lowest BCUT2D eigenvalue weighted by Crippen LogP contribution is -1.94. The number of carboxylic acids is 1. The molecule has 0 aliphatic carbocycles. The van der Waals surface area contributed by atoms with Gasteiger partial charge in [-0.3, -0.25) is 4.99 Å². The van der Waals surface area contributed by atoms with Crippen LogP contribution in [0, 0.1) is 0 Å². The number of carboxylic acid groups (broad SMARTS) is 1. The summed E-state index contributed by atoms with van der Waals surface area (Å²) in [6.07, 6.45) is 1.61. The maximum absolute atomic E-state index is 10.7. The molecule has 0 atom stereocenters. The number of aliphatic imine (C=N–C) groups is 1. The summed E-state index contributed by atoms with van der Waals surface area (Å²) in [5.74, 6) is -0.533. The fourth-order valence-electron chi connectivity index (χ4n) is 1.61. The highest BCUT2D eigenvalue weighted by atomic mass is 16.5. The van der Waals surface area contributed by atoms with Gasteiger partial charge in [-0.25, -0.2) is 4.79 Å². The van der Waals surface area contributed by atoms with Gasteiger partial charge in [0.25, 0.3) is 0 Å². The van der Waals surface area contributed by atoms with E-state index in [9.17, 15) is 9.90 Å². The Balaban J connectivity index is 2.18. The molecule has 0 amide bonds. The zero-order valence-electron chi connectivity index (χ0n) is 10.8. The van der Waals surface area contributed by atoms with Crippen LogP contribution in [-0.4, -0.2) is 29.5 Å². The molecule has 0 aromatic heterocycles. The highest BCUT2D eigenvalue weighted by Gasteiger charge is 2.02. The molecule has 0 bridgehead atoms. The van der Waals surface area contributed by atoms with Gasteiger partial charge >= 0.3 is 5.97 Å². The van der Waals surface area contributed by atoms with Crippen molar-refractivity contribution in [3.63, 3.8) is 0 Å². The highest BCUT2D eigenvalue weighted by molar-refractivity contribution is 5.88. The van der Waals surface area contributed by atoms with E-state index in [-0.39, 0.29) is 11.3 Å². The predicted octanol–water partition coefficient (Wildman–Crippen LogP) is 2.85. The quantitative estimate of drug-likeness (QED) is 0.838. The Bertz CT molecular complexity index is 647. The van der Waals surface area contributed by atoms with Gasteiger partial charge in [0.05, 0.1) is 18.4 Å². The number of phenolic OH excluding ortho intramolecular Hbond substituents is 1. The van der Waals surface area contributed by atoms with E-state index in [1.807, 2.05) is 0 Å². The molecule has 0 saturated carbocycles. The molecule has 5 nitrogen and oxygen atoms in total. The van der Waals surface area contributed by atoms with Crippen molar-refractivity contribution >= 4 is 17.9 Å². The zero-order chi connectivity index (χ0) is 14.5. The third kappa shape index (κ3) is 3.14. The second kappa shape index (κ2) is 5.88. The molecular formula is C15H13NO4. The summed E-state index contributed by atoms with van der Waals surface area (Å²) >= 11 is 0. The fraction of sp³-hybridized carbons (Fsp3) is 0.0667. The van der Waals surface area contributed by atoms with Crippen LogP contribution in [0.3, 0.4) is 0 Å². The topological polar surface area (TPSA) is 79.1 Å². The van der Waals surface area contributed by atoms with E-state index in [1.165, 1.54) is 25.3 Å². The molecule has 0 saturated heterocycles. The van der Waals surface area contributed by atoms with Crippen LogP contribution in [0.25, 0.3) is 0 Å². The average molecular weight is 271 g/mol. The average Bonchev–Trinajstić information content (AvgIpc) is 2.46. The number of aromatic carboxylic acids is 1. The Morgan fingerprint density at radius 2 is 1.90 bits per heavy atom. The molecule has 20 heavy (non-hydrogen) atoms.